The van der Waals surface area contributed by atoms with E-state index in [1.165, 1.54) is 11.8 Å². The first kappa shape index (κ1) is 32.3. The molecular weight excluding hydrogens is 614 g/mol. The van der Waals surface area contributed by atoms with Gasteiger partial charge in [-0.15, -0.1) is 11.8 Å². The standard InChI is InChI=1S/C38H32ClN3O3S/c1-25-16-17-32(22-26(25)2)41-38(45)35(28-11-5-3-6-12-28)46-33-20-18-31(19-21-33)40-37(44)34(24-27-10-9-15-30(39)23-27)42-36(43)29-13-7-4-8-14-29/h3-24,35H,1-2H3,(H,40,44)(H,41,45)(H,42,43)/b34-24-. The maximum absolute atomic E-state index is 13.5. The second-order valence-corrected chi connectivity index (χ2v) is 12.2. The molecule has 8 heteroatoms. The molecule has 1 unspecified atom stereocenters. The predicted molar refractivity (Wildman–Crippen MR) is 188 cm³/mol. The highest BCUT2D eigenvalue weighted by atomic mass is 35.5. The van der Waals surface area contributed by atoms with Crippen LogP contribution in [0, 0.1) is 13.8 Å². The largest absolute Gasteiger partial charge is 0.325 e. The molecule has 0 aliphatic rings. The van der Waals surface area contributed by atoms with Gasteiger partial charge in [-0.05, 0) is 103 Å². The van der Waals surface area contributed by atoms with Gasteiger partial charge in [-0.2, -0.15) is 0 Å². The predicted octanol–water partition coefficient (Wildman–Crippen LogP) is 8.84. The van der Waals surface area contributed by atoms with Crippen LogP contribution in [0.5, 0.6) is 0 Å². The molecule has 0 aliphatic carbocycles. The molecule has 0 saturated carbocycles. The number of anilines is 2. The summed E-state index contributed by atoms with van der Waals surface area (Å²) in [4.78, 5) is 40.7. The summed E-state index contributed by atoms with van der Waals surface area (Å²) in [5, 5.41) is 8.66. The van der Waals surface area contributed by atoms with E-state index in [9.17, 15) is 14.4 Å². The van der Waals surface area contributed by atoms with Crippen LogP contribution in [-0.2, 0) is 9.59 Å². The average molecular weight is 646 g/mol. The Morgan fingerprint density at radius 2 is 1.37 bits per heavy atom. The third kappa shape index (κ3) is 8.75. The average Bonchev–Trinajstić information content (AvgIpc) is 3.06. The summed E-state index contributed by atoms with van der Waals surface area (Å²) in [5.41, 5.74) is 5.53. The van der Waals surface area contributed by atoms with Gasteiger partial charge in [0.05, 0.1) is 0 Å². The first-order valence-corrected chi connectivity index (χ1v) is 15.9. The molecule has 5 rings (SSSR count). The molecule has 0 saturated heterocycles. The molecule has 46 heavy (non-hydrogen) atoms. The molecule has 1 atom stereocenters. The zero-order chi connectivity index (χ0) is 32.5. The molecule has 0 heterocycles. The summed E-state index contributed by atoms with van der Waals surface area (Å²) in [6.07, 6.45) is 1.57. The van der Waals surface area contributed by atoms with Crippen molar-refractivity contribution in [3.63, 3.8) is 0 Å². The van der Waals surface area contributed by atoms with Gasteiger partial charge < -0.3 is 16.0 Å². The maximum Gasteiger partial charge on any atom is 0.272 e. The first-order chi connectivity index (χ1) is 22.2. The molecule has 3 N–H and O–H groups in total. The van der Waals surface area contributed by atoms with Gasteiger partial charge in [0.1, 0.15) is 10.9 Å². The Morgan fingerprint density at radius 1 is 0.696 bits per heavy atom. The molecule has 5 aromatic rings. The van der Waals surface area contributed by atoms with E-state index in [2.05, 4.69) is 16.0 Å². The van der Waals surface area contributed by atoms with Crippen molar-refractivity contribution in [3.8, 4) is 0 Å². The minimum Gasteiger partial charge on any atom is -0.325 e. The van der Waals surface area contributed by atoms with E-state index in [1.54, 1.807) is 66.7 Å². The molecule has 0 spiro atoms. The van der Waals surface area contributed by atoms with Gasteiger partial charge in [0.15, 0.2) is 0 Å². The van der Waals surface area contributed by atoms with E-state index in [0.29, 0.717) is 21.8 Å². The molecule has 6 nitrogen and oxygen atoms in total. The van der Waals surface area contributed by atoms with Crippen LogP contribution in [0.15, 0.2) is 138 Å². The topological polar surface area (TPSA) is 87.3 Å². The number of benzene rings is 5. The molecule has 0 aliphatic heterocycles. The fraction of sp³-hybridized carbons (Fsp3) is 0.0789. The van der Waals surface area contributed by atoms with Crippen molar-refractivity contribution in [2.75, 3.05) is 10.6 Å². The van der Waals surface area contributed by atoms with Crippen LogP contribution in [0.25, 0.3) is 6.08 Å². The van der Waals surface area contributed by atoms with E-state index in [4.69, 9.17) is 11.6 Å². The fourth-order valence-electron chi connectivity index (χ4n) is 4.58. The van der Waals surface area contributed by atoms with Crippen LogP contribution in [-0.4, -0.2) is 17.7 Å². The summed E-state index contributed by atoms with van der Waals surface area (Å²) in [7, 11) is 0. The Balaban J connectivity index is 1.33. The highest BCUT2D eigenvalue weighted by Crippen LogP contribution is 2.37. The SMILES string of the molecule is Cc1ccc(NC(=O)C(Sc2ccc(NC(=O)/C(=C/c3cccc(Cl)c3)NC(=O)c3ccccc3)cc2)c2ccccc2)cc1C. The van der Waals surface area contributed by atoms with Crippen LogP contribution >= 0.6 is 23.4 Å². The number of hydrogen-bond acceptors (Lipinski definition) is 4. The molecule has 3 amide bonds. The van der Waals surface area contributed by atoms with Gasteiger partial charge in [-0.25, -0.2) is 0 Å². The number of rotatable bonds is 10. The zero-order valence-electron chi connectivity index (χ0n) is 25.3. The van der Waals surface area contributed by atoms with E-state index < -0.39 is 17.1 Å². The van der Waals surface area contributed by atoms with Crippen molar-refractivity contribution in [2.45, 2.75) is 24.0 Å². The molecule has 5 aromatic carbocycles. The number of thioether (sulfide) groups is 1. The second-order valence-electron chi connectivity index (χ2n) is 10.6. The van der Waals surface area contributed by atoms with Gasteiger partial charge in [0.25, 0.3) is 11.8 Å². The Labute approximate surface area is 277 Å². The van der Waals surface area contributed by atoms with Crippen molar-refractivity contribution in [1.82, 2.24) is 5.32 Å². The van der Waals surface area contributed by atoms with E-state index in [0.717, 1.165) is 27.3 Å². The van der Waals surface area contributed by atoms with Crippen LogP contribution in [0.3, 0.4) is 0 Å². The molecule has 0 aromatic heterocycles. The molecule has 0 bridgehead atoms. The minimum atomic E-state index is -0.510. The first-order valence-electron chi connectivity index (χ1n) is 14.6. The number of carbonyl (C=O) groups excluding carboxylic acids is 3. The van der Waals surface area contributed by atoms with Gasteiger partial charge in [0.2, 0.25) is 5.91 Å². The number of aryl methyl sites for hydroxylation is 2. The number of halogens is 1. The molecule has 230 valence electrons. The quantitative estimate of drug-likeness (QED) is 0.105. The van der Waals surface area contributed by atoms with Crippen LogP contribution < -0.4 is 16.0 Å². The third-order valence-corrected chi connectivity index (χ3v) is 8.67. The monoisotopic (exact) mass is 645 g/mol. The minimum absolute atomic E-state index is 0.0572. The highest BCUT2D eigenvalue weighted by Gasteiger charge is 2.23. The van der Waals surface area contributed by atoms with E-state index in [1.807, 2.05) is 80.6 Å². The smallest absolute Gasteiger partial charge is 0.272 e. The molecular formula is C38H32ClN3O3S. The Kier molecular flexibility index (Phi) is 10.7. The van der Waals surface area contributed by atoms with Crippen LogP contribution in [0.4, 0.5) is 11.4 Å². The summed E-state index contributed by atoms with van der Waals surface area (Å²) < 4.78 is 0. The van der Waals surface area contributed by atoms with Gasteiger partial charge in [-0.1, -0.05) is 78.3 Å². The van der Waals surface area contributed by atoms with Gasteiger partial charge in [0, 0.05) is 26.9 Å². The van der Waals surface area contributed by atoms with Crippen molar-refractivity contribution >= 4 is 58.5 Å². The maximum atomic E-state index is 13.5. The highest BCUT2D eigenvalue weighted by molar-refractivity contribution is 8.00. The zero-order valence-corrected chi connectivity index (χ0v) is 26.9. The fourth-order valence-corrected chi connectivity index (χ4v) is 5.81. The van der Waals surface area contributed by atoms with Crippen molar-refractivity contribution in [2.24, 2.45) is 0 Å². The number of nitrogens with one attached hydrogen (secondary N) is 3. The third-order valence-electron chi connectivity index (χ3n) is 7.17. The number of carbonyl (C=O) groups is 3. The summed E-state index contributed by atoms with van der Waals surface area (Å²) in [6, 6.07) is 38.4. The molecule has 0 radical (unpaired) electrons. The molecule has 0 fully saturated rings. The Bertz CT molecular complexity index is 1880. The Hall–Kier alpha value is -5.11. The lowest BCUT2D eigenvalue weighted by Gasteiger charge is -2.18. The summed E-state index contributed by atoms with van der Waals surface area (Å²) >= 11 is 7.57. The lowest BCUT2D eigenvalue weighted by molar-refractivity contribution is -0.116. The van der Waals surface area contributed by atoms with E-state index in [-0.39, 0.29) is 11.6 Å². The van der Waals surface area contributed by atoms with Crippen molar-refractivity contribution < 1.29 is 14.4 Å². The summed E-state index contributed by atoms with van der Waals surface area (Å²) in [6.45, 7) is 4.05. The lowest BCUT2D eigenvalue weighted by atomic mass is 10.1. The lowest BCUT2D eigenvalue weighted by Crippen LogP contribution is -2.30. The van der Waals surface area contributed by atoms with Gasteiger partial charge >= 0.3 is 0 Å². The van der Waals surface area contributed by atoms with E-state index >= 15 is 0 Å². The van der Waals surface area contributed by atoms with Crippen LogP contribution in [0.2, 0.25) is 5.02 Å². The summed E-state index contributed by atoms with van der Waals surface area (Å²) in [5.74, 6) is -1.05. The normalized spacial score (nSPS) is 11.8. The van der Waals surface area contributed by atoms with Crippen molar-refractivity contribution in [1.29, 1.82) is 0 Å². The second kappa shape index (κ2) is 15.3. The van der Waals surface area contributed by atoms with Gasteiger partial charge in [-0.3, -0.25) is 14.4 Å². The van der Waals surface area contributed by atoms with Crippen LogP contribution in [0.1, 0.15) is 37.9 Å². The number of hydrogen-bond donors (Lipinski definition) is 3. The number of amides is 3. The van der Waals surface area contributed by atoms with Crippen molar-refractivity contribution in [3.05, 3.63) is 166 Å². The Morgan fingerprint density at radius 3 is 2.04 bits per heavy atom.